The van der Waals surface area contributed by atoms with E-state index in [-0.39, 0.29) is 41.4 Å². The Morgan fingerprint density at radius 3 is 2.69 bits per heavy atom. The highest BCUT2D eigenvalue weighted by molar-refractivity contribution is 5.71. The molecule has 2 aromatic heterocycles. The van der Waals surface area contributed by atoms with Crippen molar-refractivity contribution in [1.29, 1.82) is 0 Å². The number of aromatic hydroxyl groups is 1. The average Bonchev–Trinajstić information content (AvgIpc) is 3.73. The number of phenols is 1. The van der Waals surface area contributed by atoms with Crippen LogP contribution in [-0.4, -0.2) is 67.7 Å². The van der Waals surface area contributed by atoms with Crippen LogP contribution in [0.1, 0.15) is 38.5 Å². The first-order valence-corrected chi connectivity index (χ1v) is 12.3. The Balaban J connectivity index is 1.26. The van der Waals surface area contributed by atoms with Crippen LogP contribution >= 0.6 is 0 Å². The molecule has 3 aromatic rings. The van der Waals surface area contributed by atoms with Crippen LogP contribution in [0, 0.1) is 5.82 Å². The van der Waals surface area contributed by atoms with Crippen molar-refractivity contribution in [3.8, 4) is 34.4 Å². The monoisotopic (exact) mass is 495 g/mol. The molecule has 2 N–H and O–H groups in total. The van der Waals surface area contributed by atoms with Crippen LogP contribution in [0.2, 0.25) is 0 Å². The highest BCUT2D eigenvalue weighted by Crippen LogP contribution is 2.39. The fraction of sp³-hybridized carbons (Fsp3) is 0.480. The lowest BCUT2D eigenvalue weighted by molar-refractivity contribution is 0.104. The summed E-state index contributed by atoms with van der Waals surface area (Å²) in [4.78, 5) is 14.3. The second kappa shape index (κ2) is 9.20. The van der Waals surface area contributed by atoms with Gasteiger partial charge in [0.2, 0.25) is 0 Å². The van der Waals surface area contributed by atoms with E-state index in [9.17, 15) is 9.50 Å². The number of benzene rings is 1. The van der Waals surface area contributed by atoms with Crippen molar-refractivity contribution in [2.75, 3.05) is 12.0 Å². The third kappa shape index (κ3) is 4.21. The van der Waals surface area contributed by atoms with Gasteiger partial charge in [0, 0.05) is 23.7 Å². The number of methoxy groups -OCH3 is 1. The molecule has 3 aliphatic rings. The van der Waals surface area contributed by atoms with Gasteiger partial charge in [0.25, 0.3) is 0 Å². The number of hydrogen-bond donors (Lipinski definition) is 2. The molecule has 9 nitrogen and oxygen atoms in total. The van der Waals surface area contributed by atoms with Gasteiger partial charge in [-0.1, -0.05) is 12.5 Å². The summed E-state index contributed by atoms with van der Waals surface area (Å²) in [6, 6.07) is 4.82. The molecule has 6 rings (SSSR count). The van der Waals surface area contributed by atoms with Crippen LogP contribution < -0.4 is 15.0 Å². The maximum Gasteiger partial charge on any atom is 0.316 e. The zero-order chi connectivity index (χ0) is 24.8. The third-order valence-electron chi connectivity index (χ3n) is 7.32. The van der Waals surface area contributed by atoms with Crippen molar-refractivity contribution < 1.29 is 18.6 Å². The third-order valence-corrected chi connectivity index (χ3v) is 7.32. The lowest BCUT2D eigenvalue weighted by Crippen LogP contribution is -2.62. The molecule has 0 unspecified atom stereocenters. The molecule has 36 heavy (non-hydrogen) atoms. The number of phenolic OH excluding ortho intramolecular Hbond substituents is 1. The van der Waals surface area contributed by atoms with Crippen molar-refractivity contribution >= 4 is 5.82 Å². The topological polar surface area (TPSA) is 109 Å². The number of hydrogen-bond acceptors (Lipinski definition) is 9. The van der Waals surface area contributed by atoms with Gasteiger partial charge >= 0.3 is 6.01 Å². The van der Waals surface area contributed by atoms with Gasteiger partial charge in [-0.05, 0) is 44.2 Å². The second-order valence-corrected chi connectivity index (χ2v) is 9.71. The smallest absolute Gasteiger partial charge is 0.316 e. The quantitative estimate of drug-likeness (QED) is 0.531. The Labute approximate surface area is 207 Å². The average molecular weight is 496 g/mol. The van der Waals surface area contributed by atoms with Crippen LogP contribution in [0.15, 0.2) is 30.6 Å². The summed E-state index contributed by atoms with van der Waals surface area (Å²) >= 11 is 0. The summed E-state index contributed by atoms with van der Waals surface area (Å²) in [5.74, 6) is -0.00918. The van der Waals surface area contributed by atoms with Crippen LogP contribution in [0.3, 0.4) is 0 Å². The van der Waals surface area contributed by atoms with E-state index in [1.54, 1.807) is 18.3 Å². The van der Waals surface area contributed by atoms with E-state index in [4.69, 9.17) is 4.74 Å². The molecule has 1 aromatic carbocycles. The number of nitrogens with zero attached hydrogens (tertiary/aromatic N) is 6. The maximum atomic E-state index is 15.4. The van der Waals surface area contributed by atoms with Gasteiger partial charge in [-0.25, -0.2) is 18.7 Å². The normalized spacial score (nSPS) is 25.4. The van der Waals surface area contributed by atoms with Gasteiger partial charge in [0.1, 0.15) is 17.6 Å². The molecular weight excluding hydrogens is 468 g/mol. The van der Waals surface area contributed by atoms with Gasteiger partial charge in [0.15, 0.2) is 17.5 Å². The van der Waals surface area contributed by atoms with Crippen molar-refractivity contribution in [2.24, 2.45) is 0 Å². The minimum atomic E-state index is -0.971. The van der Waals surface area contributed by atoms with Gasteiger partial charge in [-0.3, -0.25) is 0 Å². The first-order chi connectivity index (χ1) is 17.5. The Hall–Kier alpha value is -3.47. The Morgan fingerprint density at radius 2 is 1.97 bits per heavy atom. The Bertz CT molecular complexity index is 1260. The number of piperidine rings is 2. The lowest BCUT2D eigenvalue weighted by atomic mass is 9.82. The molecule has 3 fully saturated rings. The summed E-state index contributed by atoms with van der Waals surface area (Å²) in [7, 11) is 1.39. The molecule has 0 radical (unpaired) electrons. The first-order valence-electron chi connectivity index (χ1n) is 12.3. The summed E-state index contributed by atoms with van der Waals surface area (Å²) in [6.07, 6.45) is 7.39. The molecule has 1 saturated carbocycles. The molecule has 2 aliphatic heterocycles. The minimum Gasteiger partial charge on any atom is -0.507 e. The van der Waals surface area contributed by atoms with E-state index in [0.717, 1.165) is 44.7 Å². The highest BCUT2D eigenvalue weighted by Gasteiger charge is 2.46. The molecule has 188 valence electrons. The zero-order valence-electron chi connectivity index (χ0n) is 19.8. The van der Waals surface area contributed by atoms with E-state index >= 15 is 4.39 Å². The van der Waals surface area contributed by atoms with Gasteiger partial charge in [-0.15, -0.1) is 10.2 Å². The van der Waals surface area contributed by atoms with Crippen molar-refractivity contribution in [1.82, 2.24) is 30.5 Å². The number of anilines is 1. The number of nitrogens with one attached hydrogen (secondary N) is 1. The number of rotatable bonds is 6. The fourth-order valence-corrected chi connectivity index (χ4v) is 5.46. The van der Waals surface area contributed by atoms with E-state index < -0.39 is 12.0 Å². The van der Waals surface area contributed by atoms with Crippen molar-refractivity contribution in [2.45, 2.75) is 68.9 Å². The Morgan fingerprint density at radius 1 is 1.11 bits per heavy atom. The number of fused-ring (bicyclic) bond motifs is 2. The lowest BCUT2D eigenvalue weighted by Gasteiger charge is -2.47. The van der Waals surface area contributed by atoms with Gasteiger partial charge < -0.3 is 20.1 Å². The molecular formula is C25H27F2N7O2. The number of aromatic nitrogens is 5. The molecule has 4 heterocycles. The van der Waals surface area contributed by atoms with Crippen LogP contribution in [0.4, 0.5) is 14.6 Å². The van der Waals surface area contributed by atoms with Gasteiger partial charge in [0.05, 0.1) is 31.1 Å². The van der Waals surface area contributed by atoms with Crippen molar-refractivity contribution in [3.05, 3.63) is 36.4 Å². The minimum absolute atomic E-state index is 0.00526. The SMILES string of the molecule is COc1ncc(F)c(-c2ccc(-c3ncc(N(C4CC4)[C@H]4C[C@@H]5CCC[C@@H](N5)[C@H]4F)nn3)c(O)c2)n1. The van der Waals surface area contributed by atoms with E-state index in [0.29, 0.717) is 23.0 Å². The van der Waals surface area contributed by atoms with Gasteiger partial charge in [-0.2, -0.15) is 4.98 Å². The van der Waals surface area contributed by atoms with E-state index in [1.165, 1.54) is 13.2 Å². The summed E-state index contributed by atoms with van der Waals surface area (Å²) in [5.41, 5.74) is 0.701. The molecule has 11 heteroatoms. The van der Waals surface area contributed by atoms with Crippen molar-refractivity contribution in [3.63, 3.8) is 0 Å². The molecule has 1 aliphatic carbocycles. The number of ether oxygens (including phenoxy) is 1. The summed E-state index contributed by atoms with van der Waals surface area (Å²) in [5, 5.41) is 22.8. The van der Waals surface area contributed by atoms with Crippen LogP contribution in [-0.2, 0) is 0 Å². The number of halogens is 2. The Kier molecular flexibility index (Phi) is 5.87. The zero-order valence-corrected chi connectivity index (χ0v) is 19.8. The predicted molar refractivity (Wildman–Crippen MR) is 128 cm³/mol. The van der Waals surface area contributed by atoms with E-state index in [1.807, 2.05) is 0 Å². The molecule has 0 spiro atoms. The largest absolute Gasteiger partial charge is 0.507 e. The van der Waals surface area contributed by atoms with Crippen LogP contribution in [0.25, 0.3) is 22.6 Å². The summed E-state index contributed by atoms with van der Waals surface area (Å²) < 4.78 is 34.7. The maximum absolute atomic E-state index is 15.4. The standard InChI is InChI=1S/C25H27F2N7O2/c1-36-25-29-11-17(26)23(31-25)13-5-8-16(20(35)9-13)24-28-12-21(32-33-24)34(15-6-7-15)19-10-14-3-2-4-18(30-14)22(19)27/h5,8-9,11-12,14-15,18-19,22,30,35H,2-4,6-7,10H2,1H3/t14-,18+,19-,22+/m0/s1. The number of alkyl halides is 1. The molecule has 2 bridgehead atoms. The highest BCUT2D eigenvalue weighted by atomic mass is 19.1. The molecule has 0 amide bonds. The summed E-state index contributed by atoms with van der Waals surface area (Å²) in [6.45, 7) is 0. The van der Waals surface area contributed by atoms with Crippen LogP contribution in [0.5, 0.6) is 11.8 Å². The predicted octanol–water partition coefficient (Wildman–Crippen LogP) is 3.44. The van der Waals surface area contributed by atoms with E-state index in [2.05, 4.69) is 35.4 Å². The second-order valence-electron chi connectivity index (χ2n) is 9.71. The first kappa shape index (κ1) is 23.0. The molecule has 2 saturated heterocycles. The fourth-order valence-electron chi connectivity index (χ4n) is 5.46. The molecule has 4 atom stereocenters.